The Kier molecular flexibility index (Phi) is 5.83. The first-order valence-corrected chi connectivity index (χ1v) is 13.4. The zero-order valence-corrected chi connectivity index (χ0v) is 21.9. The summed E-state index contributed by atoms with van der Waals surface area (Å²) in [5.41, 5.74) is 8.84. The van der Waals surface area contributed by atoms with E-state index in [0.29, 0.717) is 21.5 Å². The molecular weight excluding hydrogens is 503 g/mol. The lowest BCUT2D eigenvalue weighted by Gasteiger charge is -2.22. The molecule has 0 radical (unpaired) electrons. The Morgan fingerprint density at radius 3 is 2.68 bits per heavy atom. The molecule has 38 heavy (non-hydrogen) atoms. The van der Waals surface area contributed by atoms with E-state index in [4.69, 9.17) is 5.73 Å². The lowest BCUT2D eigenvalue weighted by molar-refractivity contribution is 0.0584. The van der Waals surface area contributed by atoms with Gasteiger partial charge in [0, 0.05) is 28.6 Å². The Labute approximate surface area is 223 Å². The number of hydrogen-bond acceptors (Lipinski definition) is 7. The van der Waals surface area contributed by atoms with Gasteiger partial charge in [-0.3, -0.25) is 4.79 Å². The van der Waals surface area contributed by atoms with Crippen LogP contribution in [0.2, 0.25) is 0 Å². The van der Waals surface area contributed by atoms with E-state index in [0.717, 1.165) is 35.2 Å². The van der Waals surface area contributed by atoms with Crippen LogP contribution in [-0.4, -0.2) is 54.6 Å². The summed E-state index contributed by atoms with van der Waals surface area (Å²) in [4.78, 5) is 17.0. The minimum absolute atomic E-state index is 0.00172. The number of benzene rings is 2. The Hall–Kier alpha value is -3.65. The largest absolute Gasteiger partial charge is 0.389 e. The van der Waals surface area contributed by atoms with Crippen LogP contribution in [0.4, 0.5) is 4.39 Å². The van der Waals surface area contributed by atoms with Crippen molar-refractivity contribution in [1.82, 2.24) is 19.9 Å². The first-order valence-electron chi connectivity index (χ1n) is 12.6. The molecule has 2 aromatic heterocycles. The second-order valence-corrected chi connectivity index (χ2v) is 11.9. The predicted molar refractivity (Wildman–Crippen MR) is 143 cm³/mol. The van der Waals surface area contributed by atoms with Crippen LogP contribution in [0.1, 0.15) is 48.3 Å². The van der Waals surface area contributed by atoms with Gasteiger partial charge in [0.1, 0.15) is 17.4 Å². The van der Waals surface area contributed by atoms with Gasteiger partial charge in [-0.05, 0) is 74.6 Å². The van der Waals surface area contributed by atoms with Gasteiger partial charge < -0.3 is 15.7 Å². The molecule has 0 saturated carbocycles. The fourth-order valence-corrected chi connectivity index (χ4v) is 6.90. The fourth-order valence-electron chi connectivity index (χ4n) is 5.77. The summed E-state index contributed by atoms with van der Waals surface area (Å²) in [5.74, 6) is -0.655. The molecule has 8 nitrogen and oxygen atoms in total. The number of thiophene rings is 1. The molecule has 2 aliphatic rings. The number of carbonyl (C=O) groups is 1. The van der Waals surface area contributed by atoms with E-state index < -0.39 is 11.4 Å². The van der Waals surface area contributed by atoms with E-state index in [1.165, 1.54) is 23.5 Å². The highest BCUT2D eigenvalue weighted by atomic mass is 32.1. The second-order valence-electron chi connectivity index (χ2n) is 10.8. The quantitative estimate of drug-likeness (QED) is 0.397. The Morgan fingerprint density at radius 1 is 1.24 bits per heavy atom. The monoisotopic (exact) mass is 530 g/mol. The molecule has 2 aromatic carbocycles. The van der Waals surface area contributed by atoms with Gasteiger partial charge in [-0.1, -0.05) is 17.3 Å². The van der Waals surface area contributed by atoms with Crippen molar-refractivity contribution in [3.8, 4) is 27.6 Å². The van der Waals surface area contributed by atoms with Crippen LogP contribution in [0, 0.1) is 17.1 Å². The summed E-state index contributed by atoms with van der Waals surface area (Å²) in [6, 6.07) is 14.1. The highest BCUT2D eigenvalue weighted by Crippen LogP contribution is 2.44. The number of aliphatic hydroxyl groups is 1. The lowest BCUT2D eigenvalue weighted by Crippen LogP contribution is -2.40. The van der Waals surface area contributed by atoms with E-state index >= 15 is 0 Å². The summed E-state index contributed by atoms with van der Waals surface area (Å²) < 4.78 is 16.3. The van der Waals surface area contributed by atoms with Gasteiger partial charge >= 0.3 is 0 Å². The lowest BCUT2D eigenvalue weighted by atomic mass is 9.97. The van der Waals surface area contributed by atoms with E-state index in [-0.39, 0.29) is 36.1 Å². The summed E-state index contributed by atoms with van der Waals surface area (Å²) in [6.07, 6.45) is 2.70. The van der Waals surface area contributed by atoms with Crippen LogP contribution >= 0.6 is 11.3 Å². The Balaban J connectivity index is 1.45. The van der Waals surface area contributed by atoms with Crippen molar-refractivity contribution in [2.24, 2.45) is 5.73 Å². The Bertz CT molecular complexity index is 1610. The van der Waals surface area contributed by atoms with Crippen LogP contribution < -0.4 is 5.73 Å². The maximum Gasteiger partial charge on any atom is 0.264 e. The summed E-state index contributed by atoms with van der Waals surface area (Å²) in [5, 5.41) is 27.9. The Morgan fingerprint density at radius 2 is 2.03 bits per heavy atom. The van der Waals surface area contributed by atoms with Crippen molar-refractivity contribution >= 4 is 28.3 Å². The molecule has 10 heteroatoms. The third-order valence-electron chi connectivity index (χ3n) is 7.48. The van der Waals surface area contributed by atoms with Crippen molar-refractivity contribution in [1.29, 1.82) is 5.26 Å². The van der Waals surface area contributed by atoms with Crippen LogP contribution in [-0.2, 0) is 6.54 Å². The number of nitriles is 1. The summed E-state index contributed by atoms with van der Waals surface area (Å²) in [7, 11) is 0. The average Bonchev–Trinajstić information content (AvgIpc) is 3.64. The van der Waals surface area contributed by atoms with Crippen molar-refractivity contribution < 1.29 is 14.3 Å². The molecule has 6 rings (SSSR count). The van der Waals surface area contributed by atoms with Gasteiger partial charge in [-0.2, -0.15) is 5.26 Å². The van der Waals surface area contributed by atoms with Crippen LogP contribution in [0.5, 0.6) is 0 Å². The third-order valence-corrected chi connectivity index (χ3v) is 8.65. The van der Waals surface area contributed by atoms with E-state index in [1.54, 1.807) is 24.6 Å². The number of carbonyl (C=O) groups excluding carboxylic acids is 1. The molecule has 2 bridgehead atoms. The van der Waals surface area contributed by atoms with Gasteiger partial charge in [0.25, 0.3) is 5.91 Å². The molecule has 2 aliphatic heterocycles. The van der Waals surface area contributed by atoms with Crippen molar-refractivity contribution in [3.05, 3.63) is 58.7 Å². The molecule has 0 spiro atoms. The number of hydrogen-bond donors (Lipinski definition) is 2. The normalized spacial score (nSPS) is 20.8. The number of rotatable bonds is 5. The number of fused-ring (bicyclic) bond motifs is 3. The number of nitrogens with zero attached hydrogens (tertiary/aromatic N) is 5. The van der Waals surface area contributed by atoms with Gasteiger partial charge in [0.05, 0.1) is 28.1 Å². The van der Waals surface area contributed by atoms with Crippen LogP contribution in [0.3, 0.4) is 0 Å². The summed E-state index contributed by atoms with van der Waals surface area (Å²) in [6.45, 7) is 3.71. The molecule has 2 fully saturated rings. The highest BCUT2D eigenvalue weighted by Gasteiger charge is 2.47. The average molecular weight is 531 g/mol. The topological polar surface area (TPSA) is 121 Å². The predicted octanol–water partition coefficient (Wildman–Crippen LogP) is 4.31. The summed E-state index contributed by atoms with van der Waals surface area (Å²) >= 11 is 1.36. The minimum atomic E-state index is -0.952. The first kappa shape index (κ1) is 24.7. The molecule has 0 unspecified atom stereocenters. The number of amides is 1. The maximum absolute atomic E-state index is 14.6. The molecular formula is C28H27FN6O2S. The number of aromatic nitrogens is 3. The zero-order valence-electron chi connectivity index (χ0n) is 21.1. The van der Waals surface area contributed by atoms with Gasteiger partial charge in [0.15, 0.2) is 0 Å². The molecule has 4 aromatic rings. The molecule has 2 saturated heterocycles. The molecule has 1 amide bonds. The van der Waals surface area contributed by atoms with Crippen molar-refractivity contribution in [2.45, 2.75) is 63.4 Å². The standard InChI is InChI=1S/C28H27FN6O2S/c1-28(2,37)14-34-24-7-5-16(10-22(24)32-33-34)26-19(15-3-4-17(13-30)20(29)9-15)12-25(38-26)27(36)35-18-6-8-23(35)21(31)11-18/h3-5,7,9-10,12,18,21,23,37H,6,8,11,14,31H2,1-2H3/t18-,21-,23+/m0/s1. The second kappa shape index (κ2) is 8.98. The van der Waals surface area contributed by atoms with Gasteiger partial charge in [-0.15, -0.1) is 16.4 Å². The molecule has 0 aliphatic carbocycles. The molecule has 3 atom stereocenters. The van der Waals surface area contributed by atoms with E-state index in [1.807, 2.05) is 35.2 Å². The van der Waals surface area contributed by atoms with Crippen molar-refractivity contribution in [2.75, 3.05) is 0 Å². The van der Waals surface area contributed by atoms with E-state index in [2.05, 4.69) is 10.3 Å². The fraction of sp³-hybridized carbons (Fsp3) is 0.357. The SMILES string of the molecule is CC(C)(O)Cn1nnc2cc(-c3sc(C(=O)N4[C@H]5CC[C@@H]4[C@@H](N)C5)cc3-c3ccc(C#N)c(F)c3)ccc21. The first-order chi connectivity index (χ1) is 18.1. The van der Waals surface area contributed by atoms with E-state index in [9.17, 15) is 19.6 Å². The zero-order chi connectivity index (χ0) is 26.8. The van der Waals surface area contributed by atoms with Gasteiger partial charge in [-0.25, -0.2) is 9.07 Å². The third kappa shape index (κ3) is 4.17. The van der Waals surface area contributed by atoms with Crippen LogP contribution in [0.25, 0.3) is 32.6 Å². The molecule has 194 valence electrons. The number of halogens is 1. The molecule has 4 heterocycles. The van der Waals surface area contributed by atoms with Crippen LogP contribution in [0.15, 0.2) is 42.5 Å². The molecule has 3 N–H and O–H groups in total. The maximum atomic E-state index is 14.6. The smallest absolute Gasteiger partial charge is 0.264 e. The van der Waals surface area contributed by atoms with Crippen molar-refractivity contribution in [3.63, 3.8) is 0 Å². The highest BCUT2D eigenvalue weighted by molar-refractivity contribution is 7.18. The van der Waals surface area contributed by atoms with Gasteiger partial charge in [0.2, 0.25) is 0 Å². The number of nitrogens with two attached hydrogens (primary N) is 1. The minimum Gasteiger partial charge on any atom is -0.389 e.